The van der Waals surface area contributed by atoms with Crippen LogP contribution in [0, 0.1) is 0 Å². The number of amides is 1. The first kappa shape index (κ1) is 17.1. The zero-order valence-electron chi connectivity index (χ0n) is 12.1. The van der Waals surface area contributed by atoms with Gasteiger partial charge in [0.2, 0.25) is 5.91 Å². The minimum Gasteiger partial charge on any atom is -0.478 e. The number of aryl methyl sites for hydroxylation is 1. The van der Waals surface area contributed by atoms with E-state index in [1.165, 1.54) is 22.9 Å². The van der Waals surface area contributed by atoms with E-state index >= 15 is 0 Å². The summed E-state index contributed by atoms with van der Waals surface area (Å²) in [5.74, 6) is -1.56. The minimum absolute atomic E-state index is 0.00249. The summed E-state index contributed by atoms with van der Waals surface area (Å²) >= 11 is 6.96. The summed E-state index contributed by atoms with van der Waals surface area (Å²) in [6.07, 6.45) is 0. The number of hydrogen-bond acceptors (Lipinski definition) is 5. The highest BCUT2D eigenvalue weighted by Gasteiger charge is 2.25. The van der Waals surface area contributed by atoms with Gasteiger partial charge in [0.1, 0.15) is 0 Å². The average Bonchev–Trinajstić information content (AvgIpc) is 2.80. The molecule has 10 heteroatoms. The molecule has 3 N–H and O–H groups in total. The van der Waals surface area contributed by atoms with Crippen molar-refractivity contribution in [2.45, 2.75) is 17.2 Å². The molecule has 0 saturated heterocycles. The topological polar surface area (TPSA) is 116 Å². The van der Waals surface area contributed by atoms with Crippen molar-refractivity contribution in [3.8, 4) is 0 Å². The van der Waals surface area contributed by atoms with E-state index in [4.69, 9.17) is 16.7 Å². The molecule has 0 fully saturated rings. The van der Waals surface area contributed by atoms with Gasteiger partial charge in [0.25, 0.3) is 0 Å². The first-order valence-corrected chi connectivity index (χ1v) is 7.63. The molecule has 0 saturated carbocycles. The number of thioether (sulfide) groups is 1. The fourth-order valence-electron chi connectivity index (χ4n) is 1.67. The Labute approximate surface area is 139 Å². The van der Waals surface area contributed by atoms with Crippen LogP contribution in [0.4, 0.5) is 5.69 Å². The van der Waals surface area contributed by atoms with Crippen molar-refractivity contribution in [2.75, 3.05) is 5.32 Å². The number of nitrogens with one attached hydrogen (secondary N) is 2. The van der Waals surface area contributed by atoms with Gasteiger partial charge in [-0.2, -0.15) is 0 Å². The minimum atomic E-state index is -1.13. The number of aromatic amines is 1. The lowest BCUT2D eigenvalue weighted by Crippen LogP contribution is -2.35. The number of nitrogens with zero attached hydrogens (tertiary/aromatic N) is 1. The third kappa shape index (κ3) is 3.93. The van der Waals surface area contributed by atoms with Crippen molar-refractivity contribution < 1.29 is 23.9 Å². The normalized spacial score (nSPS) is 12.0. The molecule has 0 aliphatic heterocycles. The SMILES string of the molecule is CC(Sc1c(=O)o[nH][n+]1C)C(=O)Nc1cc(C(=O)O)ccc1Cl. The molecule has 2 aromatic rings. The molecule has 1 aromatic carbocycles. The molecule has 23 heavy (non-hydrogen) atoms. The van der Waals surface area contributed by atoms with Gasteiger partial charge in [-0.15, -0.1) is 0 Å². The van der Waals surface area contributed by atoms with E-state index in [2.05, 4.69) is 15.1 Å². The fourth-order valence-corrected chi connectivity index (χ4v) is 2.67. The number of aromatic carboxylic acids is 1. The Hall–Kier alpha value is -2.26. The third-order valence-corrected chi connectivity index (χ3v) is 4.44. The van der Waals surface area contributed by atoms with Crippen molar-refractivity contribution in [1.82, 2.24) is 5.27 Å². The standard InChI is InChI=1S/C13H12ClN3O5S/c1-6(23-11-13(21)22-16-17(11)2)10(18)15-9-5-7(12(19)20)3-4-8(9)14/h3-6H,1-2H3,(H2-,15,16,18,19,20,21)/p+1. The van der Waals surface area contributed by atoms with Crippen molar-refractivity contribution in [2.24, 2.45) is 7.05 Å². The zero-order valence-corrected chi connectivity index (χ0v) is 13.7. The Bertz CT molecular complexity index is 816. The van der Waals surface area contributed by atoms with E-state index < -0.39 is 22.8 Å². The molecule has 0 bridgehead atoms. The van der Waals surface area contributed by atoms with Crippen LogP contribution in [-0.2, 0) is 11.8 Å². The second-order valence-corrected chi connectivity index (χ2v) is 6.33. The molecular formula is C13H13ClN3O5S+. The molecule has 0 aliphatic rings. The Morgan fingerprint density at radius 2 is 2.17 bits per heavy atom. The van der Waals surface area contributed by atoms with Crippen LogP contribution in [0.3, 0.4) is 0 Å². The van der Waals surface area contributed by atoms with E-state index in [1.54, 1.807) is 14.0 Å². The van der Waals surface area contributed by atoms with Crippen LogP contribution in [0.2, 0.25) is 5.02 Å². The summed E-state index contributed by atoms with van der Waals surface area (Å²) in [6.45, 7) is 1.60. The maximum Gasteiger partial charge on any atom is 0.441 e. The number of carbonyl (C=O) groups is 2. The molecule has 0 radical (unpaired) electrons. The molecule has 1 unspecified atom stereocenters. The Balaban J connectivity index is 2.14. The van der Waals surface area contributed by atoms with E-state index in [0.29, 0.717) is 0 Å². The van der Waals surface area contributed by atoms with E-state index in [1.807, 2.05) is 0 Å². The van der Waals surface area contributed by atoms with Crippen molar-refractivity contribution in [3.63, 3.8) is 0 Å². The van der Waals surface area contributed by atoms with Gasteiger partial charge in [0.05, 0.1) is 21.5 Å². The largest absolute Gasteiger partial charge is 0.478 e. The van der Waals surface area contributed by atoms with E-state index in [-0.39, 0.29) is 21.3 Å². The Morgan fingerprint density at radius 3 is 2.74 bits per heavy atom. The number of anilines is 1. The van der Waals surface area contributed by atoms with Gasteiger partial charge in [-0.25, -0.2) is 9.59 Å². The molecule has 8 nitrogen and oxygen atoms in total. The lowest BCUT2D eigenvalue weighted by atomic mass is 10.2. The monoisotopic (exact) mass is 358 g/mol. The van der Waals surface area contributed by atoms with Gasteiger partial charge in [-0.1, -0.05) is 16.3 Å². The maximum absolute atomic E-state index is 12.2. The zero-order chi connectivity index (χ0) is 17.1. The summed E-state index contributed by atoms with van der Waals surface area (Å²) in [7, 11) is 1.57. The number of H-pyrrole nitrogens is 1. The number of carboxylic acid groups (broad SMARTS) is 1. The Morgan fingerprint density at radius 1 is 1.48 bits per heavy atom. The molecule has 1 amide bonds. The van der Waals surface area contributed by atoms with Gasteiger partial charge < -0.3 is 10.4 Å². The highest BCUT2D eigenvalue weighted by atomic mass is 35.5. The quantitative estimate of drug-likeness (QED) is 0.547. The summed E-state index contributed by atoms with van der Waals surface area (Å²) < 4.78 is 5.95. The van der Waals surface area contributed by atoms with Crippen LogP contribution in [-0.4, -0.2) is 27.5 Å². The molecule has 2 rings (SSSR count). The predicted octanol–water partition coefficient (Wildman–Crippen LogP) is 1.26. The molecule has 0 spiro atoms. The van der Waals surface area contributed by atoms with Gasteiger partial charge in [0, 0.05) is 0 Å². The van der Waals surface area contributed by atoms with Crippen LogP contribution in [0.25, 0.3) is 0 Å². The lowest BCUT2D eigenvalue weighted by Gasteiger charge is -2.11. The van der Waals surface area contributed by atoms with E-state index in [9.17, 15) is 14.4 Å². The number of benzene rings is 1. The maximum atomic E-state index is 12.2. The molecule has 1 aromatic heterocycles. The summed E-state index contributed by atoms with van der Waals surface area (Å²) in [4.78, 5) is 34.6. The molecule has 1 atom stereocenters. The summed E-state index contributed by atoms with van der Waals surface area (Å²) in [5, 5.41) is 13.7. The smallest absolute Gasteiger partial charge is 0.441 e. The third-order valence-electron chi connectivity index (χ3n) is 2.88. The number of carbonyl (C=O) groups excluding carboxylic acids is 1. The second kappa shape index (κ2) is 6.88. The summed E-state index contributed by atoms with van der Waals surface area (Å²) in [5.41, 5.74) is -0.389. The van der Waals surface area contributed by atoms with E-state index in [0.717, 1.165) is 11.8 Å². The highest BCUT2D eigenvalue weighted by molar-refractivity contribution is 8.00. The Kier molecular flexibility index (Phi) is 5.12. The lowest BCUT2D eigenvalue weighted by molar-refractivity contribution is -0.772. The first-order valence-electron chi connectivity index (χ1n) is 6.37. The number of rotatable bonds is 5. The van der Waals surface area contributed by atoms with Gasteiger partial charge in [0.15, 0.2) is 7.05 Å². The number of halogens is 1. The van der Waals surface area contributed by atoms with Crippen molar-refractivity contribution in [3.05, 3.63) is 39.2 Å². The number of carboxylic acids is 1. The second-order valence-electron chi connectivity index (χ2n) is 4.59. The molecule has 122 valence electrons. The first-order chi connectivity index (χ1) is 10.8. The van der Waals surface area contributed by atoms with Crippen molar-refractivity contribution in [1.29, 1.82) is 0 Å². The van der Waals surface area contributed by atoms with Crippen LogP contribution in [0.15, 0.2) is 32.5 Å². The summed E-state index contributed by atoms with van der Waals surface area (Å²) in [6, 6.07) is 3.99. The van der Waals surface area contributed by atoms with Gasteiger partial charge in [-0.05, 0) is 42.2 Å². The van der Waals surface area contributed by atoms with Crippen LogP contribution in [0.1, 0.15) is 17.3 Å². The van der Waals surface area contributed by atoms with Crippen LogP contribution < -0.4 is 15.6 Å². The molecular weight excluding hydrogens is 346 g/mol. The predicted molar refractivity (Wildman–Crippen MR) is 82.9 cm³/mol. The van der Waals surface area contributed by atoms with Crippen LogP contribution in [0.5, 0.6) is 0 Å². The van der Waals surface area contributed by atoms with Gasteiger partial charge >= 0.3 is 16.6 Å². The highest BCUT2D eigenvalue weighted by Crippen LogP contribution is 2.25. The van der Waals surface area contributed by atoms with Crippen LogP contribution >= 0.6 is 23.4 Å². The molecule has 1 heterocycles. The number of hydrogen-bond donors (Lipinski definition) is 3. The van der Waals surface area contributed by atoms with Gasteiger partial charge in [-0.3, -0.25) is 9.32 Å². The fraction of sp³-hybridized carbons (Fsp3) is 0.231. The molecule has 0 aliphatic carbocycles. The number of aromatic nitrogens is 2. The van der Waals surface area contributed by atoms with Crippen molar-refractivity contribution >= 4 is 40.9 Å². The average molecular weight is 359 g/mol.